The molecule has 0 radical (unpaired) electrons. The average molecular weight is 1450 g/mol. The third-order valence-corrected chi connectivity index (χ3v) is 14.5. The number of alkyl halides is 24. The van der Waals surface area contributed by atoms with Crippen LogP contribution in [0, 0.1) is 47.4 Å². The predicted molar refractivity (Wildman–Crippen MR) is 319 cm³/mol. The number of rotatable bonds is 4. The predicted octanol–water partition coefficient (Wildman–Crippen LogP) is 12.4. The summed E-state index contributed by atoms with van der Waals surface area (Å²) in [5.41, 5.74) is -23.0. The first-order chi connectivity index (χ1) is 47.1. The summed E-state index contributed by atoms with van der Waals surface area (Å²) in [6.45, 7) is 0. The molecule has 0 spiro atoms. The quantitative estimate of drug-likeness (QED) is 0.0958. The largest absolute Gasteiger partial charge is 1.00 e. The Morgan fingerprint density at radius 2 is 0.363 bits per heavy atom. The standard InChI is InChI=1S/C32H12BF24.2C20H12N2.Na/c34-25(35,36)13-1-14(26(37,38)39)6-21(5-13)33(22-7-15(27(40,41)42)2-16(8-22)28(43,44)45,23-9-17(29(46,47)48)3-18(10-23)30(49,50)51)24-11-19(31(52,53)54)4-20(12-24)32(55,56)57;2*1-2-8-18(12-14-20-10-4-6-16-22-20)17(7-1)11-13-19-9-3-5-15-21-19;/h1-12H;2*1-10,15-16H;/q-1;;;+1/p+4. The second kappa shape index (κ2) is 31.6. The first kappa shape index (κ1) is 78.9. The van der Waals surface area contributed by atoms with E-state index in [1.165, 1.54) is 0 Å². The number of hydrogen-bond acceptors (Lipinski definition) is 0. The van der Waals surface area contributed by atoms with E-state index in [4.69, 9.17) is 0 Å². The van der Waals surface area contributed by atoms with Gasteiger partial charge >= 0.3 is 79.0 Å². The second-order valence-electron chi connectivity index (χ2n) is 21.4. The Kier molecular flexibility index (Phi) is 24.4. The van der Waals surface area contributed by atoms with Crippen LogP contribution in [-0.2, 0) is 49.4 Å². The van der Waals surface area contributed by atoms with Crippen molar-refractivity contribution in [2.45, 2.75) is 49.4 Å². The van der Waals surface area contributed by atoms with Crippen LogP contribution in [0.2, 0.25) is 0 Å². The van der Waals surface area contributed by atoms with Gasteiger partial charge in [-0.05, 0) is 72.8 Å². The molecule has 10 rings (SSSR count). The Morgan fingerprint density at radius 3 is 0.500 bits per heavy atom. The molecule has 0 aliphatic rings. The molecule has 0 atom stereocenters. The van der Waals surface area contributed by atoms with Crippen LogP contribution in [0.5, 0.6) is 0 Å². The van der Waals surface area contributed by atoms with Gasteiger partial charge < -0.3 is 0 Å². The van der Waals surface area contributed by atoms with Gasteiger partial charge in [0.1, 0.15) is 6.15 Å². The SMILES string of the molecule is C(#Cc1ccccc1C#Cc1cccc[nH+]1)c1cccc[nH+]1.C(#Cc1ccccc1C#Cc1cccc[nH+]1)c1cccc[nH+]1.FC(F)(F)c1cc([B-](c2cc(C(F)(F)F)cc(C(F)(F)F)c2)(c2cc(C(F)(F)F)cc(C(F)(F)F)c2)c2cc(C(F)(F)F)cc(C(F)(F)F)c2)cc(C(F)(F)F)c1.[Na+]. The summed E-state index contributed by atoms with van der Waals surface area (Å²) >= 11 is 0. The molecule has 0 aliphatic carbocycles. The van der Waals surface area contributed by atoms with Crippen LogP contribution in [-0.4, -0.2) is 6.15 Å². The van der Waals surface area contributed by atoms with Crippen molar-refractivity contribution in [1.29, 1.82) is 0 Å². The second-order valence-corrected chi connectivity index (χ2v) is 21.4. The summed E-state index contributed by atoms with van der Waals surface area (Å²) in [6, 6.07) is 30.3. The molecule has 0 fully saturated rings. The van der Waals surface area contributed by atoms with Crippen molar-refractivity contribution >= 4 is 28.0 Å². The van der Waals surface area contributed by atoms with Crippen molar-refractivity contribution in [1.82, 2.24) is 0 Å². The molecule has 0 amide bonds. The van der Waals surface area contributed by atoms with Gasteiger partial charge in [0.2, 0.25) is 0 Å². The smallest absolute Gasteiger partial charge is 0.204 e. The van der Waals surface area contributed by atoms with E-state index < -0.39 is 195 Å². The molecule has 0 saturated carbocycles. The first-order valence-electron chi connectivity index (χ1n) is 28.6. The molecule has 4 N–H and O–H groups in total. The van der Waals surface area contributed by atoms with Crippen LogP contribution < -0.4 is 71.3 Å². The molecular formula is C72H40BF24N4Na+4. The van der Waals surface area contributed by atoms with E-state index >= 15 is 0 Å². The summed E-state index contributed by atoms with van der Waals surface area (Å²) in [6.07, 6.45) is -47.4. The number of hydrogen-bond donors (Lipinski definition) is 0. The molecule has 10 aromatic rings. The summed E-state index contributed by atoms with van der Waals surface area (Å²) in [7, 11) is 0. The van der Waals surface area contributed by atoms with Crippen molar-refractivity contribution in [3.8, 4) is 47.4 Å². The van der Waals surface area contributed by atoms with Gasteiger partial charge in [0.25, 0.3) is 22.8 Å². The zero-order valence-electron chi connectivity index (χ0n) is 51.4. The maximum absolute atomic E-state index is 14.2. The van der Waals surface area contributed by atoms with Crippen LogP contribution >= 0.6 is 0 Å². The Labute approximate surface area is 585 Å². The van der Waals surface area contributed by atoms with Crippen molar-refractivity contribution in [3.05, 3.63) is 308 Å². The number of benzene rings is 6. The maximum Gasteiger partial charge on any atom is 1.00 e. The van der Waals surface area contributed by atoms with Gasteiger partial charge in [-0.3, -0.25) is 0 Å². The van der Waals surface area contributed by atoms with Gasteiger partial charge in [-0.25, -0.2) is 19.9 Å². The summed E-state index contributed by atoms with van der Waals surface area (Å²) in [4.78, 5) is 12.4. The molecule has 102 heavy (non-hydrogen) atoms. The molecule has 4 nitrogen and oxygen atoms in total. The monoisotopic (exact) mass is 1450 g/mol. The van der Waals surface area contributed by atoms with Gasteiger partial charge in [-0.15, -0.1) is 0 Å². The molecule has 0 unspecified atom stereocenters. The molecule has 0 saturated heterocycles. The van der Waals surface area contributed by atoms with E-state index in [9.17, 15) is 105 Å². The third-order valence-electron chi connectivity index (χ3n) is 14.5. The van der Waals surface area contributed by atoms with Crippen molar-refractivity contribution < 1.29 is 155 Å². The van der Waals surface area contributed by atoms with E-state index in [-0.39, 0.29) is 29.6 Å². The van der Waals surface area contributed by atoms with E-state index in [1.54, 1.807) is 0 Å². The normalized spacial score (nSPS) is 11.9. The fraction of sp³-hybridized carbons (Fsp3) is 0.111. The average Bonchev–Trinajstić information content (AvgIpc) is 0.708. The zero-order chi connectivity index (χ0) is 74.0. The minimum absolute atomic E-state index is 0. The van der Waals surface area contributed by atoms with Gasteiger partial charge in [0.05, 0.1) is 44.5 Å². The molecule has 0 aliphatic heterocycles. The fourth-order valence-electron chi connectivity index (χ4n) is 9.90. The van der Waals surface area contributed by atoms with Crippen LogP contribution in [0.15, 0.2) is 219 Å². The summed E-state index contributed by atoms with van der Waals surface area (Å²) in [5.74, 6) is 25.2. The Balaban J connectivity index is 0.000000261. The first-order valence-corrected chi connectivity index (χ1v) is 28.6. The molecule has 0 bridgehead atoms. The van der Waals surface area contributed by atoms with Crippen LogP contribution in [0.3, 0.4) is 0 Å². The Morgan fingerprint density at radius 1 is 0.206 bits per heavy atom. The number of aromatic nitrogens is 4. The van der Waals surface area contributed by atoms with Gasteiger partial charge in [-0.1, -0.05) is 96.5 Å². The number of H-pyrrole nitrogens is 4. The van der Waals surface area contributed by atoms with Gasteiger partial charge in [-0.2, -0.15) is 127 Å². The Hall–Kier alpha value is -10.5. The molecule has 516 valence electrons. The van der Waals surface area contributed by atoms with Crippen molar-refractivity contribution in [3.63, 3.8) is 0 Å². The fourth-order valence-corrected chi connectivity index (χ4v) is 9.90. The summed E-state index contributed by atoms with van der Waals surface area (Å²) in [5, 5.41) is 0. The minimum atomic E-state index is -6.13. The van der Waals surface area contributed by atoms with Gasteiger partial charge in [0, 0.05) is 94.5 Å². The van der Waals surface area contributed by atoms with Crippen LogP contribution in [0.1, 0.15) is 89.5 Å². The maximum atomic E-state index is 14.2. The van der Waals surface area contributed by atoms with Crippen molar-refractivity contribution in [2.24, 2.45) is 0 Å². The number of pyridine rings is 4. The van der Waals surface area contributed by atoms with Crippen LogP contribution in [0.25, 0.3) is 0 Å². The van der Waals surface area contributed by atoms with E-state index in [1.807, 2.05) is 146 Å². The van der Waals surface area contributed by atoms with E-state index in [2.05, 4.69) is 67.3 Å². The molecule has 30 heteroatoms. The van der Waals surface area contributed by atoms with Crippen LogP contribution in [0.4, 0.5) is 105 Å². The minimum Gasteiger partial charge on any atom is -0.204 e. The topological polar surface area (TPSA) is 56.6 Å². The molecule has 4 aromatic heterocycles. The van der Waals surface area contributed by atoms with Gasteiger partial charge in [0.15, 0.2) is 24.8 Å². The molecular weight excluding hydrogens is 1410 g/mol. The number of nitrogens with one attached hydrogen (secondary N) is 4. The number of halogens is 24. The zero-order valence-corrected chi connectivity index (χ0v) is 53.4. The van der Waals surface area contributed by atoms with Crippen molar-refractivity contribution in [2.75, 3.05) is 0 Å². The third kappa shape index (κ3) is 20.8. The Bertz CT molecular complexity index is 4100. The summed E-state index contributed by atoms with van der Waals surface area (Å²) < 4.78 is 341. The number of aromatic amines is 4. The molecule has 6 aromatic carbocycles. The van der Waals surface area contributed by atoms with E-state index in [0.717, 1.165) is 45.0 Å². The van der Waals surface area contributed by atoms with E-state index in [0.29, 0.717) is 0 Å². The molecule has 4 heterocycles.